The first-order valence-corrected chi connectivity index (χ1v) is 7.58. The SMILES string of the molecule is CCNC(CCS(C)(=O)=O)C1CCOC1. The predicted molar refractivity (Wildman–Crippen MR) is 60.7 cm³/mol. The van der Waals surface area contributed by atoms with Gasteiger partial charge in [0.25, 0.3) is 0 Å². The topological polar surface area (TPSA) is 55.4 Å². The van der Waals surface area contributed by atoms with Crippen LogP contribution in [-0.4, -0.2) is 46.2 Å². The Morgan fingerprint density at radius 1 is 1.53 bits per heavy atom. The van der Waals surface area contributed by atoms with Crippen molar-refractivity contribution in [1.29, 1.82) is 0 Å². The number of hydrogen-bond acceptors (Lipinski definition) is 4. The molecule has 90 valence electrons. The maximum atomic E-state index is 11.1. The fourth-order valence-electron chi connectivity index (χ4n) is 1.98. The van der Waals surface area contributed by atoms with Crippen LogP contribution in [0, 0.1) is 5.92 Å². The Morgan fingerprint density at radius 3 is 2.73 bits per heavy atom. The van der Waals surface area contributed by atoms with Crippen molar-refractivity contribution in [3.05, 3.63) is 0 Å². The van der Waals surface area contributed by atoms with E-state index in [0.29, 0.717) is 12.3 Å². The lowest BCUT2D eigenvalue weighted by Crippen LogP contribution is -2.37. The Balaban J connectivity index is 2.42. The van der Waals surface area contributed by atoms with E-state index in [1.165, 1.54) is 6.26 Å². The lowest BCUT2D eigenvalue weighted by molar-refractivity contribution is 0.176. The van der Waals surface area contributed by atoms with Crippen molar-refractivity contribution in [1.82, 2.24) is 5.32 Å². The molecule has 0 aromatic carbocycles. The Bertz CT molecular complexity index is 270. The Morgan fingerprint density at radius 2 is 2.27 bits per heavy atom. The Kier molecular flexibility index (Phi) is 5.02. The first kappa shape index (κ1) is 12.9. The molecule has 0 radical (unpaired) electrons. The van der Waals surface area contributed by atoms with Crippen LogP contribution in [0.15, 0.2) is 0 Å². The van der Waals surface area contributed by atoms with Gasteiger partial charge < -0.3 is 10.1 Å². The maximum Gasteiger partial charge on any atom is 0.147 e. The van der Waals surface area contributed by atoms with E-state index in [-0.39, 0.29) is 11.8 Å². The van der Waals surface area contributed by atoms with Crippen LogP contribution in [-0.2, 0) is 14.6 Å². The molecule has 0 saturated carbocycles. The molecule has 2 atom stereocenters. The average Bonchev–Trinajstić information content (AvgIpc) is 2.63. The predicted octanol–water partition coefficient (Wildman–Crippen LogP) is 0.436. The molecule has 0 amide bonds. The summed E-state index contributed by atoms with van der Waals surface area (Å²) in [4.78, 5) is 0. The van der Waals surface area contributed by atoms with Crippen molar-refractivity contribution < 1.29 is 13.2 Å². The second-order valence-corrected chi connectivity index (χ2v) is 6.47. The third-order valence-electron chi connectivity index (χ3n) is 2.80. The molecule has 0 aromatic heterocycles. The van der Waals surface area contributed by atoms with E-state index in [2.05, 4.69) is 5.32 Å². The van der Waals surface area contributed by atoms with E-state index in [4.69, 9.17) is 4.74 Å². The minimum absolute atomic E-state index is 0.265. The van der Waals surface area contributed by atoms with Gasteiger partial charge in [0.2, 0.25) is 0 Å². The monoisotopic (exact) mass is 235 g/mol. The maximum absolute atomic E-state index is 11.1. The van der Waals surface area contributed by atoms with Crippen molar-refractivity contribution in [3.63, 3.8) is 0 Å². The fourth-order valence-corrected chi connectivity index (χ4v) is 2.66. The molecule has 1 fully saturated rings. The average molecular weight is 235 g/mol. The molecule has 1 rings (SSSR count). The van der Waals surface area contributed by atoms with Crippen LogP contribution in [0.2, 0.25) is 0 Å². The van der Waals surface area contributed by atoms with E-state index in [1.807, 2.05) is 6.92 Å². The zero-order valence-corrected chi connectivity index (χ0v) is 10.3. The largest absolute Gasteiger partial charge is 0.381 e. The molecule has 0 aliphatic carbocycles. The normalized spacial score (nSPS) is 24.3. The van der Waals surface area contributed by atoms with Crippen LogP contribution in [0.1, 0.15) is 19.8 Å². The zero-order valence-electron chi connectivity index (χ0n) is 9.53. The molecule has 2 unspecified atom stereocenters. The van der Waals surface area contributed by atoms with Gasteiger partial charge in [-0.3, -0.25) is 0 Å². The van der Waals surface area contributed by atoms with E-state index in [0.717, 1.165) is 26.2 Å². The minimum atomic E-state index is -2.85. The van der Waals surface area contributed by atoms with Gasteiger partial charge in [0.1, 0.15) is 9.84 Å². The van der Waals surface area contributed by atoms with E-state index >= 15 is 0 Å². The third kappa shape index (κ3) is 4.95. The van der Waals surface area contributed by atoms with Crippen molar-refractivity contribution in [2.75, 3.05) is 31.8 Å². The van der Waals surface area contributed by atoms with Crippen molar-refractivity contribution in [2.24, 2.45) is 5.92 Å². The summed E-state index contributed by atoms with van der Waals surface area (Å²) in [6.45, 7) is 4.50. The highest BCUT2D eigenvalue weighted by Crippen LogP contribution is 2.19. The summed E-state index contributed by atoms with van der Waals surface area (Å²) in [7, 11) is -2.85. The molecule has 1 heterocycles. The third-order valence-corrected chi connectivity index (χ3v) is 3.78. The standard InChI is InChI=1S/C10H21NO3S/c1-3-11-10(5-7-15(2,12)13)9-4-6-14-8-9/h9-11H,3-8H2,1-2H3. The highest BCUT2D eigenvalue weighted by Gasteiger charge is 2.25. The van der Waals surface area contributed by atoms with Gasteiger partial charge in [-0.1, -0.05) is 6.92 Å². The van der Waals surface area contributed by atoms with Gasteiger partial charge in [0, 0.05) is 18.9 Å². The lowest BCUT2D eigenvalue weighted by Gasteiger charge is -2.22. The van der Waals surface area contributed by atoms with Crippen molar-refractivity contribution in [3.8, 4) is 0 Å². The summed E-state index contributed by atoms with van der Waals surface area (Å²) in [5, 5.41) is 3.35. The van der Waals surface area contributed by atoms with Crippen LogP contribution >= 0.6 is 0 Å². The first-order chi connectivity index (χ1) is 7.03. The molecule has 4 nitrogen and oxygen atoms in total. The van der Waals surface area contributed by atoms with Crippen LogP contribution < -0.4 is 5.32 Å². The summed E-state index contributed by atoms with van der Waals surface area (Å²) in [5.41, 5.74) is 0. The summed E-state index contributed by atoms with van der Waals surface area (Å²) in [6, 6.07) is 0.284. The molecule has 1 saturated heterocycles. The molecule has 0 spiro atoms. The smallest absolute Gasteiger partial charge is 0.147 e. The number of ether oxygens (including phenoxy) is 1. The van der Waals surface area contributed by atoms with Crippen LogP contribution in [0.25, 0.3) is 0 Å². The zero-order chi connectivity index (χ0) is 11.3. The van der Waals surface area contributed by atoms with E-state index in [9.17, 15) is 8.42 Å². The van der Waals surface area contributed by atoms with Crippen molar-refractivity contribution >= 4 is 9.84 Å². The molecular weight excluding hydrogens is 214 g/mol. The molecule has 0 bridgehead atoms. The van der Waals surface area contributed by atoms with Gasteiger partial charge in [0.15, 0.2) is 0 Å². The summed E-state index contributed by atoms with van der Waals surface area (Å²) in [6.07, 6.45) is 3.03. The first-order valence-electron chi connectivity index (χ1n) is 5.52. The highest BCUT2D eigenvalue weighted by atomic mass is 32.2. The summed E-state index contributed by atoms with van der Waals surface area (Å²) < 4.78 is 27.5. The Hall–Kier alpha value is -0.130. The minimum Gasteiger partial charge on any atom is -0.381 e. The summed E-state index contributed by atoms with van der Waals surface area (Å²) >= 11 is 0. The molecule has 5 heteroatoms. The van der Waals surface area contributed by atoms with E-state index < -0.39 is 9.84 Å². The van der Waals surface area contributed by atoms with Crippen LogP contribution in [0.3, 0.4) is 0 Å². The number of sulfone groups is 1. The number of hydrogen-bond donors (Lipinski definition) is 1. The van der Waals surface area contributed by atoms with Gasteiger partial charge in [-0.15, -0.1) is 0 Å². The molecule has 1 N–H and O–H groups in total. The molecule has 15 heavy (non-hydrogen) atoms. The second kappa shape index (κ2) is 5.82. The van der Waals surface area contributed by atoms with Gasteiger partial charge in [-0.25, -0.2) is 8.42 Å². The molecule has 1 aliphatic heterocycles. The van der Waals surface area contributed by atoms with Gasteiger partial charge >= 0.3 is 0 Å². The fraction of sp³-hybridized carbons (Fsp3) is 1.00. The van der Waals surface area contributed by atoms with E-state index in [1.54, 1.807) is 0 Å². The van der Waals surface area contributed by atoms with Crippen molar-refractivity contribution in [2.45, 2.75) is 25.8 Å². The van der Waals surface area contributed by atoms with Crippen LogP contribution in [0.5, 0.6) is 0 Å². The number of rotatable bonds is 6. The lowest BCUT2D eigenvalue weighted by atomic mass is 9.97. The highest BCUT2D eigenvalue weighted by molar-refractivity contribution is 7.90. The van der Waals surface area contributed by atoms with Gasteiger partial charge in [-0.05, 0) is 25.3 Å². The van der Waals surface area contributed by atoms with Gasteiger partial charge in [-0.2, -0.15) is 0 Å². The van der Waals surface area contributed by atoms with Crippen LogP contribution in [0.4, 0.5) is 0 Å². The van der Waals surface area contributed by atoms with Gasteiger partial charge in [0.05, 0.1) is 12.4 Å². The second-order valence-electron chi connectivity index (χ2n) is 4.21. The Labute approximate surface area is 92.3 Å². The summed E-state index contributed by atoms with van der Waals surface area (Å²) in [5.74, 6) is 0.743. The number of nitrogens with one attached hydrogen (secondary N) is 1. The quantitative estimate of drug-likeness (QED) is 0.725. The molecule has 0 aromatic rings. The molecule has 1 aliphatic rings. The molecular formula is C10H21NO3S.